The van der Waals surface area contributed by atoms with Crippen molar-refractivity contribution in [2.75, 3.05) is 38.2 Å². The van der Waals surface area contributed by atoms with Gasteiger partial charge in [-0.3, -0.25) is 4.90 Å². The van der Waals surface area contributed by atoms with Crippen LogP contribution in [0.5, 0.6) is 11.8 Å². The molecular weight excluding hydrogens is 619 g/mol. The minimum absolute atomic E-state index is 0.0880. The number of hydrogen-bond donors (Lipinski definition) is 3. The zero-order valence-electron chi connectivity index (χ0n) is 27.9. The fourth-order valence-electron chi connectivity index (χ4n) is 7.44. The molecule has 0 bridgehead atoms. The Labute approximate surface area is 278 Å². The topological polar surface area (TPSA) is 94.0 Å². The molecule has 2 saturated heterocycles. The van der Waals surface area contributed by atoms with E-state index in [1.54, 1.807) is 37.1 Å². The third-order valence-electron chi connectivity index (χ3n) is 10.0. The van der Waals surface area contributed by atoms with Crippen LogP contribution < -0.4 is 15.0 Å². The number of ether oxygens (including phenoxy) is 1. The number of phenols is 1. The summed E-state index contributed by atoms with van der Waals surface area (Å²) in [5, 5.41) is 25.3. The lowest BCUT2D eigenvalue weighted by atomic mass is 9.93. The number of fused-ring (bicyclic) bond motifs is 3. The minimum atomic E-state index is -0.961. The number of aliphatic hydroxyl groups is 1. The van der Waals surface area contributed by atoms with Gasteiger partial charge in [0.2, 0.25) is 0 Å². The molecule has 0 amide bonds. The van der Waals surface area contributed by atoms with E-state index in [0.29, 0.717) is 35.8 Å². The van der Waals surface area contributed by atoms with Crippen LogP contribution in [-0.2, 0) is 0 Å². The highest BCUT2D eigenvalue weighted by Crippen LogP contribution is 2.42. The van der Waals surface area contributed by atoms with Gasteiger partial charge in [-0.05, 0) is 76.7 Å². The van der Waals surface area contributed by atoms with E-state index in [0.717, 1.165) is 19.4 Å². The van der Waals surface area contributed by atoms with Gasteiger partial charge in [-0.1, -0.05) is 18.1 Å². The second-order valence-electron chi connectivity index (χ2n) is 14.0. The van der Waals surface area contributed by atoms with Crippen LogP contribution in [0, 0.1) is 24.0 Å². The molecule has 254 valence electrons. The molecule has 0 radical (unpaired) electrons. The van der Waals surface area contributed by atoms with Crippen LogP contribution in [0.3, 0.4) is 0 Å². The van der Waals surface area contributed by atoms with Crippen LogP contribution in [0.2, 0.25) is 0 Å². The van der Waals surface area contributed by atoms with Crippen molar-refractivity contribution in [1.29, 1.82) is 0 Å². The number of aromatic hydroxyl groups is 1. The fraction of sp³-hybridized carbons (Fsp3) is 0.459. The standard InChI is InChI=1S/C37H42F3N5O3/c1-7-23-10-8-11-24-14-26(47)15-27(30(23)24)31-29(39)16-28-33(32(31)40)41-35(48-20-37-12-9-13-45(37)19-25(38)17-37)42-34(28)44(6)18-21(2)43-36(4,5)22(3)46/h1,8,10-11,14-16,21-22,25,43,46-47H,9,12-13,17-20H2,2-6H3/t21-,22?,25-,37+/m1/s1. The Morgan fingerprint density at radius 3 is 2.73 bits per heavy atom. The predicted octanol–water partition coefficient (Wildman–Crippen LogP) is 5.94. The number of alkyl halides is 1. The third kappa shape index (κ3) is 6.13. The maximum absolute atomic E-state index is 16.9. The highest BCUT2D eigenvalue weighted by Gasteiger charge is 2.49. The quantitative estimate of drug-likeness (QED) is 0.180. The number of rotatable bonds is 10. The lowest BCUT2D eigenvalue weighted by Crippen LogP contribution is -2.54. The monoisotopic (exact) mass is 661 g/mol. The number of terminal acetylenes is 1. The maximum atomic E-state index is 16.9. The summed E-state index contributed by atoms with van der Waals surface area (Å²) in [6.07, 6.45) is 6.21. The lowest BCUT2D eigenvalue weighted by molar-refractivity contribution is 0.0901. The van der Waals surface area contributed by atoms with Gasteiger partial charge in [0.25, 0.3) is 0 Å². The van der Waals surface area contributed by atoms with E-state index in [-0.39, 0.29) is 46.7 Å². The second-order valence-corrected chi connectivity index (χ2v) is 14.0. The van der Waals surface area contributed by atoms with Crippen LogP contribution in [0.1, 0.15) is 52.5 Å². The van der Waals surface area contributed by atoms with Crippen molar-refractivity contribution < 1.29 is 28.1 Å². The summed E-state index contributed by atoms with van der Waals surface area (Å²) in [7, 11) is 1.76. The molecule has 3 heterocycles. The van der Waals surface area contributed by atoms with Gasteiger partial charge < -0.3 is 25.2 Å². The van der Waals surface area contributed by atoms with Crippen molar-refractivity contribution >= 4 is 27.5 Å². The van der Waals surface area contributed by atoms with Gasteiger partial charge in [0.15, 0.2) is 5.82 Å². The Balaban J connectivity index is 1.48. The molecule has 0 aliphatic carbocycles. The number of hydrogen-bond acceptors (Lipinski definition) is 8. The summed E-state index contributed by atoms with van der Waals surface area (Å²) in [6.45, 7) is 9.03. The number of nitrogens with one attached hydrogen (secondary N) is 1. The van der Waals surface area contributed by atoms with Gasteiger partial charge >= 0.3 is 6.01 Å². The zero-order valence-corrected chi connectivity index (χ0v) is 27.9. The number of aliphatic hydroxyl groups excluding tert-OH is 1. The van der Waals surface area contributed by atoms with Crippen molar-refractivity contribution in [3.8, 4) is 35.2 Å². The molecule has 11 heteroatoms. The molecule has 0 spiro atoms. The molecule has 2 fully saturated rings. The van der Waals surface area contributed by atoms with Crippen LogP contribution in [0.25, 0.3) is 32.8 Å². The van der Waals surface area contributed by atoms with E-state index >= 15 is 8.78 Å². The molecule has 2 aliphatic rings. The van der Waals surface area contributed by atoms with Crippen molar-refractivity contribution in [3.05, 3.63) is 53.6 Å². The largest absolute Gasteiger partial charge is 0.508 e. The normalized spacial score (nSPS) is 21.0. The zero-order chi connectivity index (χ0) is 34.5. The highest BCUT2D eigenvalue weighted by molar-refractivity contribution is 6.04. The molecule has 4 atom stereocenters. The smallest absolute Gasteiger partial charge is 0.319 e. The average molecular weight is 662 g/mol. The van der Waals surface area contributed by atoms with E-state index < -0.39 is 40.6 Å². The summed E-state index contributed by atoms with van der Waals surface area (Å²) in [5.74, 6) is 0.801. The number of aromatic nitrogens is 2. The molecule has 3 N–H and O–H groups in total. The van der Waals surface area contributed by atoms with Gasteiger partial charge in [-0.15, -0.1) is 6.42 Å². The number of likely N-dealkylation sites (N-methyl/N-ethyl adjacent to an activating group) is 1. The lowest BCUT2D eigenvalue weighted by Gasteiger charge is -2.35. The van der Waals surface area contributed by atoms with Crippen molar-refractivity contribution in [1.82, 2.24) is 20.2 Å². The molecule has 8 nitrogen and oxygen atoms in total. The number of anilines is 1. The first kappa shape index (κ1) is 33.8. The average Bonchev–Trinajstić information content (AvgIpc) is 3.54. The predicted molar refractivity (Wildman–Crippen MR) is 182 cm³/mol. The van der Waals surface area contributed by atoms with E-state index in [1.165, 1.54) is 18.2 Å². The highest BCUT2D eigenvalue weighted by atomic mass is 19.1. The first-order valence-electron chi connectivity index (χ1n) is 16.3. The molecule has 4 aromatic rings. The van der Waals surface area contributed by atoms with Crippen LogP contribution in [-0.4, -0.2) is 87.8 Å². The van der Waals surface area contributed by atoms with Crippen LogP contribution in [0.4, 0.5) is 19.0 Å². The second kappa shape index (κ2) is 12.7. The third-order valence-corrected chi connectivity index (χ3v) is 10.0. The first-order chi connectivity index (χ1) is 22.7. The van der Waals surface area contributed by atoms with Crippen LogP contribution in [0.15, 0.2) is 36.4 Å². The molecule has 6 rings (SSSR count). The van der Waals surface area contributed by atoms with Gasteiger partial charge in [-0.25, -0.2) is 13.2 Å². The SMILES string of the molecule is C#Cc1cccc2cc(O)cc(-c3c(F)cc4c(N(C)C[C@@H](C)NC(C)(C)C(C)O)nc(OC[C@@]56CCCN5C[C@H](F)C6)nc4c3F)c12. The van der Waals surface area contributed by atoms with Gasteiger partial charge in [0.05, 0.1) is 17.2 Å². The van der Waals surface area contributed by atoms with Gasteiger partial charge in [0.1, 0.15) is 35.7 Å². The molecular formula is C37H42F3N5O3. The Hall–Kier alpha value is -4.11. The Bertz CT molecular complexity index is 1910. The Morgan fingerprint density at radius 2 is 2.00 bits per heavy atom. The van der Waals surface area contributed by atoms with Gasteiger partial charge in [-0.2, -0.15) is 9.97 Å². The Morgan fingerprint density at radius 1 is 1.23 bits per heavy atom. The number of nitrogens with zero attached hydrogens (tertiary/aromatic N) is 4. The maximum Gasteiger partial charge on any atom is 0.319 e. The molecule has 3 aromatic carbocycles. The van der Waals surface area contributed by atoms with E-state index in [4.69, 9.17) is 11.2 Å². The van der Waals surface area contributed by atoms with E-state index in [2.05, 4.69) is 26.1 Å². The number of benzene rings is 3. The summed E-state index contributed by atoms with van der Waals surface area (Å²) in [4.78, 5) is 13.0. The molecule has 2 aliphatic heterocycles. The van der Waals surface area contributed by atoms with Crippen LogP contribution >= 0.6 is 0 Å². The summed E-state index contributed by atoms with van der Waals surface area (Å²) in [6, 6.07) is 8.79. The molecule has 0 saturated carbocycles. The first-order valence-corrected chi connectivity index (χ1v) is 16.3. The summed E-state index contributed by atoms with van der Waals surface area (Å²) >= 11 is 0. The summed E-state index contributed by atoms with van der Waals surface area (Å²) < 4.78 is 53.8. The van der Waals surface area contributed by atoms with Gasteiger partial charge in [0, 0.05) is 60.0 Å². The van der Waals surface area contributed by atoms with Crippen molar-refractivity contribution in [3.63, 3.8) is 0 Å². The molecule has 1 aromatic heterocycles. The fourth-order valence-corrected chi connectivity index (χ4v) is 7.44. The van der Waals surface area contributed by atoms with Crippen molar-refractivity contribution in [2.45, 2.75) is 76.4 Å². The summed E-state index contributed by atoms with van der Waals surface area (Å²) in [5.41, 5.74) is -1.15. The molecule has 1 unspecified atom stereocenters. The number of halogens is 3. The van der Waals surface area contributed by atoms with E-state index in [1.807, 2.05) is 20.8 Å². The van der Waals surface area contributed by atoms with E-state index in [9.17, 15) is 14.6 Å². The molecule has 48 heavy (non-hydrogen) atoms. The Kier molecular flexibility index (Phi) is 8.96. The van der Waals surface area contributed by atoms with Crippen molar-refractivity contribution in [2.24, 2.45) is 0 Å². The minimum Gasteiger partial charge on any atom is -0.508 e. The number of phenolic OH excluding ortho intramolecular Hbond substituents is 1.